The Morgan fingerprint density at radius 3 is 2.68 bits per heavy atom. The fraction of sp³-hybridized carbons (Fsp3) is 0.632. The number of esters is 1. The predicted molar refractivity (Wildman–Crippen MR) is 103 cm³/mol. The van der Waals surface area contributed by atoms with Gasteiger partial charge in [0.15, 0.2) is 17.6 Å². The first-order valence-electron chi connectivity index (χ1n) is 9.89. The fourth-order valence-electron chi connectivity index (χ4n) is 3.85. The van der Waals surface area contributed by atoms with Gasteiger partial charge < -0.3 is 23.9 Å². The van der Waals surface area contributed by atoms with Crippen molar-refractivity contribution < 1.29 is 37.0 Å². The Morgan fingerprint density at radius 1 is 1.32 bits per heavy atom. The largest absolute Gasteiger partial charge is 0.461 e. The van der Waals surface area contributed by atoms with Gasteiger partial charge in [-0.3, -0.25) is 0 Å². The molecule has 1 spiro atoms. The van der Waals surface area contributed by atoms with Crippen molar-refractivity contribution in [3.8, 4) is 0 Å². The zero-order valence-corrected chi connectivity index (χ0v) is 17.4. The van der Waals surface area contributed by atoms with Gasteiger partial charge in [0.2, 0.25) is 0 Å². The van der Waals surface area contributed by atoms with E-state index in [1.54, 1.807) is 11.8 Å². The van der Waals surface area contributed by atoms with Crippen molar-refractivity contribution in [1.82, 2.24) is 4.98 Å². The quantitative estimate of drug-likeness (QED) is 0.637. The van der Waals surface area contributed by atoms with Crippen LogP contribution in [0.2, 0.25) is 5.02 Å². The number of nitrogens with zero attached hydrogens (tertiary/aromatic N) is 3. The Morgan fingerprint density at radius 2 is 2.03 bits per heavy atom. The van der Waals surface area contributed by atoms with Gasteiger partial charge >= 0.3 is 12.1 Å². The van der Waals surface area contributed by atoms with Crippen LogP contribution in [-0.2, 0) is 30.0 Å². The van der Waals surface area contributed by atoms with Crippen LogP contribution < -0.4 is 4.90 Å². The van der Waals surface area contributed by atoms with Gasteiger partial charge in [0.05, 0.1) is 36.3 Å². The maximum atomic E-state index is 12.8. The molecule has 4 heterocycles. The number of carbonyl (C=O) groups excluding carboxylic acids is 1. The number of ether oxygens (including phenoxy) is 3. The number of pyridine rings is 1. The van der Waals surface area contributed by atoms with E-state index in [2.05, 4.69) is 10.1 Å². The van der Waals surface area contributed by atoms with Crippen molar-refractivity contribution in [2.45, 2.75) is 37.8 Å². The Bertz CT molecular complexity index is 874. The Kier molecular flexibility index (Phi) is 6.01. The molecule has 1 aromatic heterocycles. The zero-order chi connectivity index (χ0) is 22.2. The number of aromatic nitrogens is 1. The number of fused-ring (bicyclic) bond motifs is 1. The molecule has 0 unspecified atom stereocenters. The Balaban J connectivity index is 1.40. The molecule has 31 heavy (non-hydrogen) atoms. The van der Waals surface area contributed by atoms with Crippen molar-refractivity contribution in [2.75, 3.05) is 37.8 Å². The molecular weight excluding hydrogens is 443 g/mol. The summed E-state index contributed by atoms with van der Waals surface area (Å²) in [5, 5.41) is 3.77. The van der Waals surface area contributed by atoms with E-state index >= 15 is 0 Å². The number of alkyl halides is 3. The van der Waals surface area contributed by atoms with Crippen LogP contribution in [-0.4, -0.2) is 61.5 Å². The Labute approximate surface area is 181 Å². The molecular formula is C19H21ClF3N3O5. The molecule has 0 saturated carbocycles. The van der Waals surface area contributed by atoms with Crippen LogP contribution in [0.25, 0.3) is 0 Å². The molecule has 2 fully saturated rings. The molecule has 0 aromatic carbocycles. The first-order valence-corrected chi connectivity index (χ1v) is 10.3. The van der Waals surface area contributed by atoms with E-state index in [0.29, 0.717) is 25.9 Å². The van der Waals surface area contributed by atoms with E-state index in [1.165, 1.54) is 0 Å². The average Bonchev–Trinajstić information content (AvgIpc) is 3.06. The van der Waals surface area contributed by atoms with E-state index < -0.39 is 29.6 Å². The number of piperidine rings is 1. The van der Waals surface area contributed by atoms with Crippen molar-refractivity contribution in [3.05, 3.63) is 22.8 Å². The summed E-state index contributed by atoms with van der Waals surface area (Å²) < 4.78 is 55.6. The molecule has 8 nitrogen and oxygen atoms in total. The standard InChI is InChI=1S/C19H21ClF3N3O5/c1-2-28-17(27)15-12-9-29-18(30-10-14(12)31-25-15)3-5-26(6-4-18)16-13(20)7-11(8-24-16)19(21,22)23/h7-8,12,14H,2-6,9-10H2,1H3/t12-,14+/m0/s1. The van der Waals surface area contributed by atoms with E-state index in [1.807, 2.05) is 0 Å². The Hall–Kier alpha value is -2.11. The molecule has 1 aromatic rings. The van der Waals surface area contributed by atoms with Crippen LogP contribution in [0.15, 0.2) is 17.4 Å². The van der Waals surface area contributed by atoms with Crippen molar-refractivity contribution in [2.24, 2.45) is 11.1 Å². The number of hydrogen-bond donors (Lipinski definition) is 0. The monoisotopic (exact) mass is 463 g/mol. The maximum Gasteiger partial charge on any atom is 0.417 e. The lowest BCUT2D eigenvalue weighted by Crippen LogP contribution is -2.48. The first kappa shape index (κ1) is 22.1. The molecule has 0 amide bonds. The maximum absolute atomic E-state index is 12.8. The van der Waals surface area contributed by atoms with Crippen LogP contribution >= 0.6 is 11.6 Å². The van der Waals surface area contributed by atoms with Crippen LogP contribution in [0, 0.1) is 5.92 Å². The van der Waals surface area contributed by atoms with Crippen molar-refractivity contribution in [1.29, 1.82) is 0 Å². The average molecular weight is 464 g/mol. The molecule has 3 aliphatic heterocycles. The van der Waals surface area contributed by atoms with E-state index in [-0.39, 0.29) is 42.3 Å². The summed E-state index contributed by atoms with van der Waals surface area (Å²) in [6.07, 6.45) is -3.29. The molecule has 3 aliphatic rings. The summed E-state index contributed by atoms with van der Waals surface area (Å²) in [6, 6.07) is 0.877. The molecule has 0 aliphatic carbocycles. The third-order valence-electron chi connectivity index (χ3n) is 5.58. The first-order chi connectivity index (χ1) is 14.7. The highest BCUT2D eigenvalue weighted by molar-refractivity contribution is 6.37. The molecule has 4 rings (SSSR count). The zero-order valence-electron chi connectivity index (χ0n) is 16.7. The van der Waals surface area contributed by atoms with Crippen LogP contribution in [0.1, 0.15) is 25.3 Å². The second-order valence-corrected chi connectivity index (χ2v) is 7.90. The third-order valence-corrected chi connectivity index (χ3v) is 5.86. The minimum Gasteiger partial charge on any atom is -0.461 e. The van der Waals surface area contributed by atoms with Crippen molar-refractivity contribution >= 4 is 29.1 Å². The number of rotatable bonds is 3. The minimum absolute atomic E-state index is 0.0632. The number of halogens is 4. The summed E-state index contributed by atoms with van der Waals surface area (Å²) in [4.78, 5) is 23.1. The normalized spacial score (nSPS) is 25.5. The highest BCUT2D eigenvalue weighted by Gasteiger charge is 2.47. The summed E-state index contributed by atoms with van der Waals surface area (Å²) in [7, 11) is 0. The van der Waals surface area contributed by atoms with Gasteiger partial charge in [-0.05, 0) is 13.0 Å². The van der Waals surface area contributed by atoms with Gasteiger partial charge in [-0.2, -0.15) is 13.2 Å². The van der Waals surface area contributed by atoms with E-state index in [0.717, 1.165) is 12.3 Å². The van der Waals surface area contributed by atoms with E-state index in [4.69, 9.17) is 30.6 Å². The van der Waals surface area contributed by atoms with Gasteiger partial charge in [0, 0.05) is 32.1 Å². The minimum atomic E-state index is -4.50. The van der Waals surface area contributed by atoms with Gasteiger partial charge in [-0.15, -0.1) is 0 Å². The number of hydrogen-bond acceptors (Lipinski definition) is 8. The lowest BCUT2D eigenvalue weighted by molar-refractivity contribution is -0.240. The second kappa shape index (κ2) is 8.44. The highest BCUT2D eigenvalue weighted by atomic mass is 35.5. The molecule has 12 heteroatoms. The number of oxime groups is 1. The molecule has 0 bridgehead atoms. The van der Waals surface area contributed by atoms with Gasteiger partial charge in [0.1, 0.15) is 5.82 Å². The second-order valence-electron chi connectivity index (χ2n) is 7.49. The summed E-state index contributed by atoms with van der Waals surface area (Å²) in [5.74, 6) is -1.52. The van der Waals surface area contributed by atoms with Crippen LogP contribution in [0.5, 0.6) is 0 Å². The highest BCUT2D eigenvalue weighted by Crippen LogP contribution is 2.38. The van der Waals surface area contributed by atoms with E-state index in [9.17, 15) is 18.0 Å². The van der Waals surface area contributed by atoms with Gasteiger partial charge in [-0.25, -0.2) is 9.78 Å². The lowest BCUT2D eigenvalue weighted by atomic mass is 9.99. The fourth-order valence-corrected chi connectivity index (χ4v) is 4.14. The third kappa shape index (κ3) is 4.44. The van der Waals surface area contributed by atoms with Crippen molar-refractivity contribution in [3.63, 3.8) is 0 Å². The van der Waals surface area contributed by atoms with Crippen LogP contribution in [0.3, 0.4) is 0 Å². The summed E-state index contributed by atoms with van der Waals surface area (Å²) >= 11 is 6.07. The predicted octanol–water partition coefficient (Wildman–Crippen LogP) is 3.03. The number of anilines is 1. The molecule has 2 saturated heterocycles. The summed E-state index contributed by atoms with van der Waals surface area (Å²) in [5.41, 5.74) is -0.707. The van der Waals surface area contributed by atoms with Crippen LogP contribution in [0.4, 0.5) is 19.0 Å². The lowest BCUT2D eigenvalue weighted by Gasteiger charge is -2.41. The van der Waals surface area contributed by atoms with Gasteiger partial charge in [0.25, 0.3) is 0 Å². The number of carbonyl (C=O) groups is 1. The molecule has 2 atom stereocenters. The SMILES string of the molecule is CCOC(=O)C1=NO[C@@H]2COC3(CCN(c4ncc(C(F)(F)F)cc4Cl)CC3)OC[C@H]12. The molecule has 170 valence electrons. The smallest absolute Gasteiger partial charge is 0.417 e. The topological polar surface area (TPSA) is 82.5 Å². The molecule has 0 radical (unpaired) electrons. The van der Waals surface area contributed by atoms with Gasteiger partial charge in [-0.1, -0.05) is 16.8 Å². The molecule has 0 N–H and O–H groups in total. The summed E-state index contributed by atoms with van der Waals surface area (Å²) in [6.45, 7) is 3.16.